The highest BCUT2D eigenvalue weighted by Gasteiger charge is 2.22. The van der Waals surface area contributed by atoms with Gasteiger partial charge in [-0.05, 0) is 75.9 Å². The Bertz CT molecular complexity index is 1140. The van der Waals surface area contributed by atoms with Crippen LogP contribution in [0, 0.1) is 0 Å². The fourth-order valence-electron chi connectivity index (χ4n) is 3.41. The van der Waals surface area contributed by atoms with E-state index in [9.17, 15) is 15.0 Å². The zero-order valence-corrected chi connectivity index (χ0v) is 16.2. The van der Waals surface area contributed by atoms with E-state index in [0.29, 0.717) is 5.75 Å². The summed E-state index contributed by atoms with van der Waals surface area (Å²) in [4.78, 5) is 11.9. The summed E-state index contributed by atoms with van der Waals surface area (Å²) in [6.45, 7) is 0. The molecule has 4 nitrogen and oxygen atoms in total. The van der Waals surface area contributed by atoms with Gasteiger partial charge in [0.2, 0.25) is 0 Å². The molecule has 0 aromatic heterocycles. The minimum Gasteiger partial charge on any atom is -0.508 e. The Labute approximate surface area is 172 Å². The van der Waals surface area contributed by atoms with Crippen LogP contribution in [0.1, 0.15) is 22.3 Å². The maximum Gasteiger partial charge on any atom is 0.328 e. The Hall–Kier alpha value is -3.44. The van der Waals surface area contributed by atoms with Crippen LogP contribution in [-0.4, -0.2) is 27.0 Å². The molecule has 1 heterocycles. The third-order valence-corrected chi connectivity index (χ3v) is 5.80. The fraction of sp³-hybridized carbons (Fsp3) is 0.0417. The predicted molar refractivity (Wildman–Crippen MR) is 116 cm³/mol. The maximum atomic E-state index is 10.9. The number of aromatic hydroxyl groups is 2. The van der Waals surface area contributed by atoms with Crippen LogP contribution >= 0.6 is 11.8 Å². The second-order valence-electron chi connectivity index (χ2n) is 6.67. The number of aliphatic carboxylic acids is 1. The summed E-state index contributed by atoms with van der Waals surface area (Å²) in [6, 6.07) is 20.2. The second-order valence-corrected chi connectivity index (χ2v) is 7.68. The molecule has 0 atom stereocenters. The van der Waals surface area contributed by atoms with Crippen LogP contribution in [-0.2, 0) is 4.79 Å². The number of hydrogen-bond donors (Lipinski definition) is 3. The summed E-state index contributed by atoms with van der Waals surface area (Å²) in [6.07, 6.45) is 2.69. The van der Waals surface area contributed by atoms with Crippen LogP contribution < -0.4 is 0 Å². The van der Waals surface area contributed by atoms with Gasteiger partial charge in [0.15, 0.2) is 0 Å². The summed E-state index contributed by atoms with van der Waals surface area (Å²) in [7, 11) is 0. The lowest BCUT2D eigenvalue weighted by atomic mass is 9.89. The quantitative estimate of drug-likeness (QED) is 0.519. The predicted octanol–water partition coefficient (Wildman–Crippen LogP) is 5.26. The number of benzene rings is 3. The van der Waals surface area contributed by atoms with Gasteiger partial charge in [-0.1, -0.05) is 30.3 Å². The molecule has 1 aliphatic heterocycles. The molecule has 1 aliphatic rings. The molecule has 0 saturated heterocycles. The van der Waals surface area contributed by atoms with Gasteiger partial charge in [-0.2, -0.15) is 0 Å². The topological polar surface area (TPSA) is 77.8 Å². The summed E-state index contributed by atoms with van der Waals surface area (Å²) in [5.74, 6) is 0.160. The maximum absolute atomic E-state index is 10.9. The van der Waals surface area contributed by atoms with E-state index in [-0.39, 0.29) is 11.5 Å². The number of rotatable bonds is 4. The van der Waals surface area contributed by atoms with Crippen molar-refractivity contribution in [3.05, 3.63) is 95.1 Å². The number of carboxylic acid groups (broad SMARTS) is 1. The minimum absolute atomic E-state index is 0.213. The van der Waals surface area contributed by atoms with Crippen molar-refractivity contribution in [1.82, 2.24) is 0 Å². The summed E-state index contributed by atoms with van der Waals surface area (Å²) in [5, 5.41) is 28.5. The Morgan fingerprint density at radius 3 is 2.41 bits per heavy atom. The lowest BCUT2D eigenvalue weighted by Gasteiger charge is -2.24. The molecule has 5 heteroatoms. The normalized spacial score (nSPS) is 13.5. The second kappa shape index (κ2) is 7.89. The highest BCUT2D eigenvalue weighted by Crippen LogP contribution is 2.45. The van der Waals surface area contributed by atoms with Crippen LogP contribution in [0.25, 0.3) is 17.2 Å². The van der Waals surface area contributed by atoms with Crippen molar-refractivity contribution in [3.63, 3.8) is 0 Å². The van der Waals surface area contributed by atoms with Crippen molar-refractivity contribution in [2.24, 2.45) is 0 Å². The number of carboxylic acids is 1. The number of phenols is 2. The highest BCUT2D eigenvalue weighted by molar-refractivity contribution is 7.99. The molecule has 144 valence electrons. The van der Waals surface area contributed by atoms with E-state index in [0.717, 1.165) is 44.4 Å². The van der Waals surface area contributed by atoms with Gasteiger partial charge in [-0.25, -0.2) is 4.79 Å². The molecule has 0 radical (unpaired) electrons. The number of thioether (sulfide) groups is 1. The summed E-state index contributed by atoms with van der Waals surface area (Å²) < 4.78 is 0. The van der Waals surface area contributed by atoms with Crippen molar-refractivity contribution >= 4 is 35.0 Å². The van der Waals surface area contributed by atoms with Crippen LogP contribution in [0.5, 0.6) is 11.5 Å². The SMILES string of the molecule is O=C(O)C=Cc1cccc(C2=C(c3ccc(O)cc3)CSc3cc(O)ccc32)c1. The molecule has 3 N–H and O–H groups in total. The first kappa shape index (κ1) is 18.9. The third-order valence-electron chi connectivity index (χ3n) is 4.72. The zero-order chi connectivity index (χ0) is 20.4. The van der Waals surface area contributed by atoms with Gasteiger partial charge in [-0.3, -0.25) is 0 Å². The van der Waals surface area contributed by atoms with Crippen molar-refractivity contribution in [1.29, 1.82) is 0 Å². The molecule has 4 rings (SSSR count). The van der Waals surface area contributed by atoms with E-state index < -0.39 is 5.97 Å². The molecule has 0 unspecified atom stereocenters. The zero-order valence-electron chi connectivity index (χ0n) is 15.4. The van der Waals surface area contributed by atoms with Crippen molar-refractivity contribution < 1.29 is 20.1 Å². The largest absolute Gasteiger partial charge is 0.508 e. The van der Waals surface area contributed by atoms with Gasteiger partial charge >= 0.3 is 5.97 Å². The molecule has 3 aromatic rings. The molecular weight excluding hydrogens is 384 g/mol. The number of hydrogen-bond acceptors (Lipinski definition) is 4. The van der Waals surface area contributed by atoms with Gasteiger partial charge < -0.3 is 15.3 Å². The van der Waals surface area contributed by atoms with Crippen LogP contribution in [0.2, 0.25) is 0 Å². The molecule has 3 aromatic carbocycles. The van der Waals surface area contributed by atoms with Gasteiger partial charge in [0.1, 0.15) is 11.5 Å². The van der Waals surface area contributed by atoms with Crippen molar-refractivity contribution in [2.75, 3.05) is 5.75 Å². The molecule has 0 saturated carbocycles. The molecule has 0 fully saturated rings. The number of phenolic OH excluding ortho intramolecular Hbond substituents is 2. The van der Waals surface area contributed by atoms with E-state index in [2.05, 4.69) is 0 Å². The lowest BCUT2D eigenvalue weighted by molar-refractivity contribution is -0.131. The van der Waals surface area contributed by atoms with E-state index in [1.165, 1.54) is 0 Å². The molecule has 0 bridgehead atoms. The average Bonchev–Trinajstić information content (AvgIpc) is 2.72. The van der Waals surface area contributed by atoms with Crippen LogP contribution in [0.15, 0.2) is 77.7 Å². The lowest BCUT2D eigenvalue weighted by Crippen LogP contribution is -2.04. The first-order valence-electron chi connectivity index (χ1n) is 9.01. The average molecular weight is 402 g/mol. The van der Waals surface area contributed by atoms with E-state index >= 15 is 0 Å². The molecule has 0 amide bonds. The van der Waals surface area contributed by atoms with Crippen LogP contribution in [0.4, 0.5) is 0 Å². The third kappa shape index (κ3) is 4.05. The van der Waals surface area contributed by atoms with Crippen LogP contribution in [0.3, 0.4) is 0 Å². The van der Waals surface area contributed by atoms with Gasteiger partial charge in [0.25, 0.3) is 0 Å². The monoisotopic (exact) mass is 402 g/mol. The summed E-state index contributed by atoms with van der Waals surface area (Å²) in [5.41, 5.74) is 5.94. The Morgan fingerprint density at radius 2 is 1.66 bits per heavy atom. The Kier molecular flexibility index (Phi) is 5.14. The summed E-state index contributed by atoms with van der Waals surface area (Å²) >= 11 is 1.65. The molecule has 0 aliphatic carbocycles. The van der Waals surface area contributed by atoms with Crippen molar-refractivity contribution in [2.45, 2.75) is 4.90 Å². The Balaban J connectivity index is 1.92. The first-order chi connectivity index (χ1) is 14.0. The van der Waals surface area contributed by atoms with E-state index in [1.54, 1.807) is 42.1 Å². The number of fused-ring (bicyclic) bond motifs is 1. The molecular formula is C24H18O4S. The highest BCUT2D eigenvalue weighted by atomic mass is 32.2. The fourth-order valence-corrected chi connectivity index (χ4v) is 4.55. The van der Waals surface area contributed by atoms with Gasteiger partial charge in [0, 0.05) is 16.7 Å². The van der Waals surface area contributed by atoms with E-state index in [4.69, 9.17) is 5.11 Å². The standard InChI is InChI=1S/C24H18O4S/c25-18-7-5-16(6-8-18)21-14-29-22-13-19(26)9-10-20(22)24(21)17-3-1-2-15(12-17)4-11-23(27)28/h1-13,25-26H,14H2,(H,27,28). The first-order valence-corrected chi connectivity index (χ1v) is 10.00. The van der Waals surface area contributed by atoms with Crippen molar-refractivity contribution in [3.8, 4) is 11.5 Å². The van der Waals surface area contributed by atoms with Gasteiger partial charge in [0.05, 0.1) is 0 Å². The minimum atomic E-state index is -0.991. The van der Waals surface area contributed by atoms with Gasteiger partial charge in [-0.15, -0.1) is 11.8 Å². The smallest absolute Gasteiger partial charge is 0.328 e. The number of carbonyl (C=O) groups is 1. The van der Waals surface area contributed by atoms with E-state index in [1.807, 2.05) is 42.5 Å². The molecule has 29 heavy (non-hydrogen) atoms. The molecule has 0 spiro atoms. The Morgan fingerprint density at radius 1 is 0.897 bits per heavy atom.